The maximum atomic E-state index is 12.2. The second kappa shape index (κ2) is 5.84. The van der Waals surface area contributed by atoms with Crippen molar-refractivity contribution < 1.29 is 4.79 Å². The molecule has 2 aromatic carbocycles. The standard InChI is InChI=1S/C16H13ClN2OS/c1-2-19-14-12(17)9-6-10-13(14)21-16(19)18-15(20)11-7-4-3-5-8-11/h3-10H,2H2,1H3. The number of hydrogen-bond donors (Lipinski definition) is 0. The highest BCUT2D eigenvalue weighted by molar-refractivity contribution is 7.16. The van der Waals surface area contributed by atoms with Crippen LogP contribution in [0.4, 0.5) is 0 Å². The van der Waals surface area contributed by atoms with Crippen LogP contribution in [0.15, 0.2) is 53.5 Å². The zero-order chi connectivity index (χ0) is 14.8. The number of carbonyl (C=O) groups excluding carboxylic acids is 1. The smallest absolute Gasteiger partial charge is 0.279 e. The number of fused-ring (bicyclic) bond motifs is 1. The van der Waals surface area contributed by atoms with Crippen molar-refractivity contribution in [2.75, 3.05) is 0 Å². The van der Waals surface area contributed by atoms with Gasteiger partial charge in [-0.15, -0.1) is 0 Å². The molecule has 0 spiro atoms. The minimum atomic E-state index is -0.236. The Hall–Kier alpha value is -1.91. The Morgan fingerprint density at radius 1 is 1.19 bits per heavy atom. The lowest BCUT2D eigenvalue weighted by Gasteiger charge is -2.01. The molecule has 3 nitrogen and oxygen atoms in total. The maximum Gasteiger partial charge on any atom is 0.279 e. The van der Waals surface area contributed by atoms with Gasteiger partial charge in [-0.25, -0.2) is 0 Å². The maximum absolute atomic E-state index is 12.2. The van der Waals surface area contributed by atoms with Crippen molar-refractivity contribution in [2.24, 2.45) is 4.99 Å². The van der Waals surface area contributed by atoms with Crippen LogP contribution >= 0.6 is 22.9 Å². The van der Waals surface area contributed by atoms with E-state index in [1.165, 1.54) is 11.3 Å². The molecule has 106 valence electrons. The molecule has 0 atom stereocenters. The highest BCUT2D eigenvalue weighted by Crippen LogP contribution is 2.25. The number of carbonyl (C=O) groups is 1. The molecule has 0 saturated carbocycles. The molecule has 21 heavy (non-hydrogen) atoms. The van der Waals surface area contributed by atoms with Gasteiger partial charge in [0.1, 0.15) is 0 Å². The summed E-state index contributed by atoms with van der Waals surface area (Å²) < 4.78 is 3.01. The van der Waals surface area contributed by atoms with Gasteiger partial charge in [0.2, 0.25) is 0 Å². The van der Waals surface area contributed by atoms with Crippen LogP contribution in [0.25, 0.3) is 10.2 Å². The summed E-state index contributed by atoms with van der Waals surface area (Å²) in [5.74, 6) is -0.236. The number of hydrogen-bond acceptors (Lipinski definition) is 2. The third kappa shape index (κ3) is 2.64. The first kappa shape index (κ1) is 14.0. The van der Waals surface area contributed by atoms with Crippen molar-refractivity contribution in [1.82, 2.24) is 4.57 Å². The van der Waals surface area contributed by atoms with E-state index in [4.69, 9.17) is 11.6 Å². The van der Waals surface area contributed by atoms with E-state index in [1.807, 2.05) is 47.9 Å². The molecule has 3 rings (SSSR count). The lowest BCUT2D eigenvalue weighted by Crippen LogP contribution is -2.16. The van der Waals surface area contributed by atoms with Gasteiger partial charge in [-0.3, -0.25) is 4.79 Å². The van der Waals surface area contributed by atoms with Gasteiger partial charge >= 0.3 is 0 Å². The largest absolute Gasteiger partial charge is 0.315 e. The number of rotatable bonds is 2. The van der Waals surface area contributed by atoms with Crippen LogP contribution in [-0.2, 0) is 6.54 Å². The Morgan fingerprint density at radius 3 is 2.67 bits per heavy atom. The third-order valence-electron chi connectivity index (χ3n) is 3.19. The van der Waals surface area contributed by atoms with E-state index in [-0.39, 0.29) is 5.91 Å². The van der Waals surface area contributed by atoms with E-state index >= 15 is 0 Å². The fourth-order valence-electron chi connectivity index (χ4n) is 2.20. The van der Waals surface area contributed by atoms with Gasteiger partial charge < -0.3 is 4.57 Å². The first-order valence-electron chi connectivity index (χ1n) is 6.62. The number of benzene rings is 2. The van der Waals surface area contributed by atoms with E-state index in [0.29, 0.717) is 21.9 Å². The van der Waals surface area contributed by atoms with Crippen molar-refractivity contribution in [2.45, 2.75) is 13.5 Å². The summed E-state index contributed by atoms with van der Waals surface area (Å²) in [4.78, 5) is 17.2. The molecule has 0 aliphatic rings. The van der Waals surface area contributed by atoms with Gasteiger partial charge in [0.25, 0.3) is 5.91 Å². The molecule has 0 fully saturated rings. The van der Waals surface area contributed by atoms with Crippen LogP contribution in [-0.4, -0.2) is 10.5 Å². The minimum Gasteiger partial charge on any atom is -0.315 e. The van der Waals surface area contributed by atoms with Crippen molar-refractivity contribution >= 4 is 39.1 Å². The Labute approximate surface area is 131 Å². The summed E-state index contributed by atoms with van der Waals surface area (Å²) in [6.07, 6.45) is 0. The molecule has 0 aliphatic carbocycles. The molecule has 0 bridgehead atoms. The van der Waals surface area contributed by atoms with E-state index in [0.717, 1.165) is 10.2 Å². The van der Waals surface area contributed by atoms with Crippen LogP contribution in [0.1, 0.15) is 17.3 Å². The number of aromatic nitrogens is 1. The lowest BCUT2D eigenvalue weighted by molar-refractivity contribution is 0.0998. The summed E-state index contributed by atoms with van der Waals surface area (Å²) in [6, 6.07) is 14.8. The zero-order valence-electron chi connectivity index (χ0n) is 11.4. The topological polar surface area (TPSA) is 34.4 Å². The first-order valence-corrected chi connectivity index (χ1v) is 7.82. The normalized spacial score (nSPS) is 12.0. The monoisotopic (exact) mass is 316 g/mol. The highest BCUT2D eigenvalue weighted by Gasteiger charge is 2.10. The van der Waals surface area contributed by atoms with Crippen molar-refractivity contribution in [3.8, 4) is 0 Å². The Balaban J connectivity index is 2.19. The Morgan fingerprint density at radius 2 is 1.95 bits per heavy atom. The van der Waals surface area contributed by atoms with Crippen molar-refractivity contribution in [1.29, 1.82) is 0 Å². The number of para-hydroxylation sites is 1. The van der Waals surface area contributed by atoms with Crippen LogP contribution in [0, 0.1) is 0 Å². The second-order valence-electron chi connectivity index (χ2n) is 4.50. The molecule has 0 unspecified atom stereocenters. The van der Waals surface area contributed by atoms with Gasteiger partial charge in [-0.1, -0.05) is 47.2 Å². The summed E-state index contributed by atoms with van der Waals surface area (Å²) in [6.45, 7) is 2.73. The van der Waals surface area contributed by atoms with Gasteiger partial charge in [-0.05, 0) is 31.2 Å². The van der Waals surface area contributed by atoms with Crippen LogP contribution in [0.5, 0.6) is 0 Å². The molecule has 0 N–H and O–H groups in total. The SMILES string of the molecule is CCn1c(=NC(=O)c2ccccc2)sc2cccc(Cl)c21. The van der Waals surface area contributed by atoms with Gasteiger partial charge in [0.15, 0.2) is 4.80 Å². The molecule has 5 heteroatoms. The van der Waals surface area contributed by atoms with E-state index in [1.54, 1.807) is 12.1 Å². The van der Waals surface area contributed by atoms with Crippen LogP contribution in [0.2, 0.25) is 5.02 Å². The predicted octanol–water partition coefficient (Wildman–Crippen LogP) is 4.12. The molecule has 0 aliphatic heterocycles. The Kier molecular flexibility index (Phi) is 3.90. The number of nitrogens with zero attached hydrogens (tertiary/aromatic N) is 2. The number of amides is 1. The average Bonchev–Trinajstić information content (AvgIpc) is 2.86. The van der Waals surface area contributed by atoms with Crippen LogP contribution < -0.4 is 4.80 Å². The molecule has 3 aromatic rings. The zero-order valence-corrected chi connectivity index (χ0v) is 13.0. The molecule has 1 amide bonds. The molecule has 0 saturated heterocycles. The van der Waals surface area contributed by atoms with Gasteiger partial charge in [0, 0.05) is 12.1 Å². The Bertz CT molecular complexity index is 865. The van der Waals surface area contributed by atoms with E-state index in [2.05, 4.69) is 4.99 Å². The quantitative estimate of drug-likeness (QED) is 0.700. The fourth-order valence-corrected chi connectivity index (χ4v) is 3.65. The van der Waals surface area contributed by atoms with E-state index in [9.17, 15) is 4.79 Å². The van der Waals surface area contributed by atoms with Gasteiger partial charge in [-0.2, -0.15) is 4.99 Å². The fraction of sp³-hybridized carbons (Fsp3) is 0.125. The number of halogens is 1. The van der Waals surface area contributed by atoms with Crippen molar-refractivity contribution in [3.63, 3.8) is 0 Å². The lowest BCUT2D eigenvalue weighted by atomic mass is 10.2. The second-order valence-corrected chi connectivity index (χ2v) is 5.91. The molecule has 1 heterocycles. The molecule has 0 radical (unpaired) electrons. The highest BCUT2D eigenvalue weighted by atomic mass is 35.5. The summed E-state index contributed by atoms with van der Waals surface area (Å²) in [5.41, 5.74) is 1.52. The van der Waals surface area contributed by atoms with Gasteiger partial charge in [0.05, 0.1) is 15.2 Å². The number of thiazole rings is 1. The average molecular weight is 317 g/mol. The third-order valence-corrected chi connectivity index (χ3v) is 4.53. The van der Waals surface area contributed by atoms with Crippen molar-refractivity contribution in [3.05, 3.63) is 63.9 Å². The van der Waals surface area contributed by atoms with E-state index < -0.39 is 0 Å². The number of aryl methyl sites for hydroxylation is 1. The molecular weight excluding hydrogens is 304 g/mol. The van der Waals surface area contributed by atoms with Crippen LogP contribution in [0.3, 0.4) is 0 Å². The first-order chi connectivity index (χ1) is 10.2. The molecule has 1 aromatic heterocycles. The summed E-state index contributed by atoms with van der Waals surface area (Å²) >= 11 is 7.74. The molecular formula is C16H13ClN2OS. The minimum absolute atomic E-state index is 0.236. The summed E-state index contributed by atoms with van der Waals surface area (Å²) in [7, 11) is 0. The predicted molar refractivity (Wildman–Crippen MR) is 86.8 cm³/mol. The summed E-state index contributed by atoms with van der Waals surface area (Å²) in [5, 5.41) is 0.680.